The van der Waals surface area contributed by atoms with Gasteiger partial charge in [-0.1, -0.05) is 6.07 Å². The first-order chi connectivity index (χ1) is 11.3. The third kappa shape index (κ3) is 3.71. The van der Waals surface area contributed by atoms with Crippen LogP contribution in [0.2, 0.25) is 0 Å². The number of benzene rings is 2. The second-order valence-corrected chi connectivity index (χ2v) is 4.64. The monoisotopic (exact) mass is 328 g/mol. The van der Waals surface area contributed by atoms with Crippen LogP contribution in [0.3, 0.4) is 0 Å². The predicted molar refractivity (Wildman–Crippen MR) is 76.2 cm³/mol. The van der Waals surface area contributed by atoms with Crippen LogP contribution in [0.25, 0.3) is 0 Å². The standard InChI is InChI=1S/C15H10N2O7/c18-13(8-2-1-3-12(7-8)17(23)24)16-11-5-9(14(19)20)4-10(6-11)15(21)22/h1-7H,(H,16,18)(H,19,20)(H,21,22)/p-2. The van der Waals surface area contributed by atoms with E-state index >= 15 is 0 Å². The van der Waals surface area contributed by atoms with Gasteiger partial charge in [-0.25, -0.2) is 0 Å². The largest absolute Gasteiger partial charge is 0.545 e. The molecule has 2 rings (SSSR count). The van der Waals surface area contributed by atoms with Crippen LogP contribution < -0.4 is 15.5 Å². The van der Waals surface area contributed by atoms with E-state index in [1.165, 1.54) is 18.2 Å². The van der Waals surface area contributed by atoms with Gasteiger partial charge in [-0.2, -0.15) is 0 Å². The summed E-state index contributed by atoms with van der Waals surface area (Å²) in [6.07, 6.45) is 0. The van der Waals surface area contributed by atoms with Gasteiger partial charge in [0.2, 0.25) is 0 Å². The number of nitro groups is 1. The van der Waals surface area contributed by atoms with Crippen LogP contribution in [0.1, 0.15) is 31.1 Å². The SMILES string of the molecule is O=C([O-])c1cc(NC(=O)c2cccc([N+](=O)[O-])c2)cc(C(=O)[O-])c1. The van der Waals surface area contributed by atoms with E-state index in [4.69, 9.17) is 0 Å². The fraction of sp³-hybridized carbons (Fsp3) is 0. The number of rotatable bonds is 5. The Morgan fingerprint density at radius 3 is 1.96 bits per heavy atom. The summed E-state index contributed by atoms with van der Waals surface area (Å²) in [5.74, 6) is -4.05. The summed E-state index contributed by atoms with van der Waals surface area (Å²) in [6.45, 7) is 0. The Bertz CT molecular complexity index is 828. The van der Waals surface area contributed by atoms with Crippen LogP contribution in [0.4, 0.5) is 11.4 Å². The maximum absolute atomic E-state index is 12.1. The number of nitrogens with zero attached hydrogens (tertiary/aromatic N) is 1. The van der Waals surface area contributed by atoms with Crippen LogP contribution in [0, 0.1) is 10.1 Å². The number of aromatic carboxylic acids is 2. The van der Waals surface area contributed by atoms with Crippen LogP contribution in [0.5, 0.6) is 0 Å². The average Bonchev–Trinajstić information content (AvgIpc) is 2.54. The first kappa shape index (κ1) is 16.6. The molecule has 0 aromatic heterocycles. The second kappa shape index (κ2) is 6.57. The van der Waals surface area contributed by atoms with Crippen molar-refractivity contribution in [2.24, 2.45) is 0 Å². The molecule has 9 heteroatoms. The molecule has 0 saturated heterocycles. The van der Waals surface area contributed by atoms with Gasteiger partial charge in [-0.15, -0.1) is 0 Å². The van der Waals surface area contributed by atoms with Crippen molar-refractivity contribution >= 4 is 29.2 Å². The van der Waals surface area contributed by atoms with E-state index in [0.717, 1.165) is 24.3 Å². The van der Waals surface area contributed by atoms with Gasteiger partial charge in [0.1, 0.15) is 0 Å². The van der Waals surface area contributed by atoms with Crippen molar-refractivity contribution in [3.8, 4) is 0 Å². The van der Waals surface area contributed by atoms with Gasteiger partial charge in [0, 0.05) is 23.4 Å². The van der Waals surface area contributed by atoms with Crippen LogP contribution in [-0.2, 0) is 0 Å². The summed E-state index contributed by atoms with van der Waals surface area (Å²) in [6, 6.07) is 7.66. The topological polar surface area (TPSA) is 152 Å². The molecule has 0 aliphatic heterocycles. The van der Waals surface area contributed by atoms with Gasteiger partial charge < -0.3 is 25.1 Å². The van der Waals surface area contributed by atoms with Crippen LogP contribution >= 0.6 is 0 Å². The summed E-state index contributed by atoms with van der Waals surface area (Å²) >= 11 is 0. The summed E-state index contributed by atoms with van der Waals surface area (Å²) in [7, 11) is 0. The van der Waals surface area contributed by atoms with E-state index < -0.39 is 33.9 Å². The average molecular weight is 328 g/mol. The Morgan fingerprint density at radius 2 is 1.46 bits per heavy atom. The third-order valence-corrected chi connectivity index (χ3v) is 2.98. The lowest BCUT2D eigenvalue weighted by Gasteiger charge is -2.12. The highest BCUT2D eigenvalue weighted by Crippen LogP contribution is 2.18. The number of carboxylic acids is 2. The van der Waals surface area contributed by atoms with E-state index in [1.54, 1.807) is 0 Å². The lowest BCUT2D eigenvalue weighted by Crippen LogP contribution is -2.26. The molecule has 0 bridgehead atoms. The molecule has 2 aromatic rings. The third-order valence-electron chi connectivity index (χ3n) is 2.98. The molecule has 0 unspecified atom stereocenters. The van der Waals surface area contributed by atoms with Gasteiger partial charge >= 0.3 is 0 Å². The van der Waals surface area contributed by atoms with E-state index in [1.807, 2.05) is 0 Å². The van der Waals surface area contributed by atoms with Gasteiger partial charge in [0.05, 0.1) is 16.9 Å². The summed E-state index contributed by atoms with van der Waals surface area (Å²) in [5.41, 5.74) is -1.43. The Labute approximate surface area is 134 Å². The number of carbonyl (C=O) groups excluding carboxylic acids is 3. The van der Waals surface area contributed by atoms with Gasteiger partial charge in [0.15, 0.2) is 0 Å². The minimum Gasteiger partial charge on any atom is -0.545 e. The molecule has 0 atom stereocenters. The van der Waals surface area contributed by atoms with Crippen LogP contribution in [-0.4, -0.2) is 22.8 Å². The van der Waals surface area contributed by atoms with Gasteiger partial charge in [-0.3, -0.25) is 14.9 Å². The zero-order valence-corrected chi connectivity index (χ0v) is 11.8. The molecular formula is C15H8N2O7-2. The molecule has 1 N–H and O–H groups in total. The fourth-order valence-corrected chi connectivity index (χ4v) is 1.90. The zero-order chi connectivity index (χ0) is 17.9. The first-order valence-electron chi connectivity index (χ1n) is 6.41. The molecule has 0 saturated carbocycles. The Balaban J connectivity index is 2.34. The van der Waals surface area contributed by atoms with Crippen LogP contribution in [0.15, 0.2) is 42.5 Å². The fourth-order valence-electron chi connectivity index (χ4n) is 1.90. The van der Waals surface area contributed by atoms with Crippen molar-refractivity contribution in [3.63, 3.8) is 0 Å². The lowest BCUT2D eigenvalue weighted by molar-refractivity contribution is -0.384. The lowest BCUT2D eigenvalue weighted by atomic mass is 10.1. The maximum atomic E-state index is 12.1. The molecule has 122 valence electrons. The quantitative estimate of drug-likeness (QED) is 0.577. The van der Waals surface area contributed by atoms with Crippen molar-refractivity contribution < 1.29 is 29.5 Å². The molecule has 9 nitrogen and oxygen atoms in total. The minimum absolute atomic E-state index is 0.0574. The highest BCUT2D eigenvalue weighted by atomic mass is 16.6. The molecule has 0 radical (unpaired) electrons. The highest BCUT2D eigenvalue weighted by Gasteiger charge is 2.12. The summed E-state index contributed by atoms with van der Waals surface area (Å²) < 4.78 is 0. The molecule has 1 amide bonds. The van der Waals surface area contributed by atoms with E-state index in [0.29, 0.717) is 0 Å². The normalized spacial score (nSPS) is 10.0. The number of nitro benzene ring substituents is 1. The molecule has 0 spiro atoms. The van der Waals surface area contributed by atoms with Crippen molar-refractivity contribution in [1.29, 1.82) is 0 Å². The predicted octanol–water partition coefficient (Wildman–Crippen LogP) is -0.426. The highest BCUT2D eigenvalue weighted by molar-refractivity contribution is 6.06. The minimum atomic E-state index is -1.64. The van der Waals surface area contributed by atoms with Gasteiger partial charge in [0.25, 0.3) is 11.6 Å². The Hall–Kier alpha value is -3.75. The van der Waals surface area contributed by atoms with Crippen molar-refractivity contribution in [3.05, 3.63) is 69.3 Å². The Kier molecular flexibility index (Phi) is 4.55. The summed E-state index contributed by atoms with van der Waals surface area (Å²) in [5, 5.41) is 34.8. The number of carboxylic acid groups (broad SMARTS) is 2. The molecule has 0 heterocycles. The van der Waals surface area contributed by atoms with Crippen molar-refractivity contribution in [2.45, 2.75) is 0 Å². The number of anilines is 1. The molecule has 0 aliphatic rings. The van der Waals surface area contributed by atoms with Crippen molar-refractivity contribution in [1.82, 2.24) is 0 Å². The number of hydrogen-bond donors (Lipinski definition) is 1. The first-order valence-corrected chi connectivity index (χ1v) is 6.41. The Morgan fingerprint density at radius 1 is 0.875 bits per heavy atom. The molecular weight excluding hydrogens is 320 g/mol. The molecule has 2 aromatic carbocycles. The van der Waals surface area contributed by atoms with E-state index in [9.17, 15) is 34.7 Å². The number of amides is 1. The van der Waals surface area contributed by atoms with E-state index in [2.05, 4.69) is 5.32 Å². The zero-order valence-electron chi connectivity index (χ0n) is 11.8. The van der Waals surface area contributed by atoms with Gasteiger partial charge in [-0.05, 0) is 35.4 Å². The number of hydrogen-bond acceptors (Lipinski definition) is 7. The maximum Gasteiger partial charge on any atom is 0.270 e. The second-order valence-electron chi connectivity index (χ2n) is 4.64. The number of carbonyl (C=O) groups is 3. The molecule has 0 aliphatic carbocycles. The molecule has 0 fully saturated rings. The van der Waals surface area contributed by atoms with E-state index in [-0.39, 0.29) is 16.9 Å². The van der Waals surface area contributed by atoms with Crippen molar-refractivity contribution in [2.75, 3.05) is 5.32 Å². The number of non-ortho nitro benzene ring substituents is 1. The summed E-state index contributed by atoms with van der Waals surface area (Å²) in [4.78, 5) is 43.9. The molecule has 24 heavy (non-hydrogen) atoms. The number of nitrogens with one attached hydrogen (secondary N) is 1. The smallest absolute Gasteiger partial charge is 0.270 e.